The second-order valence-corrected chi connectivity index (χ2v) is 5.51. The van der Waals surface area contributed by atoms with Crippen molar-refractivity contribution in [2.75, 3.05) is 19.0 Å². The minimum atomic E-state index is -1.01. The van der Waals surface area contributed by atoms with Crippen molar-refractivity contribution in [2.45, 2.75) is 18.9 Å². The first-order chi connectivity index (χ1) is 11.3. The molecule has 0 heterocycles. The fourth-order valence-corrected chi connectivity index (χ4v) is 1.93. The molecule has 3 N–H and O–H groups in total. The molecule has 0 saturated heterocycles. The van der Waals surface area contributed by atoms with Gasteiger partial charge in [0.25, 0.3) is 11.6 Å². The second kappa shape index (κ2) is 6.94. The first kappa shape index (κ1) is 17.2. The molecule has 0 aromatic heterocycles. The summed E-state index contributed by atoms with van der Waals surface area (Å²) in [5.41, 5.74) is 4.24. The van der Waals surface area contributed by atoms with Crippen LogP contribution in [0.4, 0.5) is 11.4 Å². The molecule has 2 rings (SSSR count). The fourth-order valence-electron chi connectivity index (χ4n) is 1.93. The highest BCUT2D eigenvalue weighted by molar-refractivity contribution is 6.35. The monoisotopic (exact) mass is 335 g/mol. The number of nitrogens with one attached hydrogen (secondary N) is 3. The Morgan fingerprint density at radius 3 is 2.38 bits per heavy atom. The van der Waals surface area contributed by atoms with Crippen LogP contribution in [0.5, 0.6) is 0 Å². The Balaban J connectivity index is 2.07. The quantitative estimate of drug-likeness (QED) is 0.393. The lowest BCUT2D eigenvalue weighted by atomic mass is 10.1. The van der Waals surface area contributed by atoms with Gasteiger partial charge in [-0.3, -0.25) is 35.3 Å². The van der Waals surface area contributed by atoms with Crippen molar-refractivity contribution in [3.8, 4) is 0 Å². The van der Waals surface area contributed by atoms with Crippen LogP contribution in [0.2, 0.25) is 0 Å². The van der Waals surface area contributed by atoms with Crippen molar-refractivity contribution in [1.29, 1.82) is 0 Å². The molecule has 1 aromatic carbocycles. The van der Waals surface area contributed by atoms with E-state index in [0.717, 1.165) is 18.9 Å². The van der Waals surface area contributed by atoms with Gasteiger partial charge in [0.05, 0.1) is 10.5 Å². The van der Waals surface area contributed by atoms with E-state index in [1.807, 2.05) is 5.43 Å². The molecule has 1 aliphatic carbocycles. The lowest BCUT2D eigenvalue weighted by Gasteiger charge is -2.17. The van der Waals surface area contributed by atoms with Crippen LogP contribution in [0.15, 0.2) is 18.2 Å². The lowest BCUT2D eigenvalue weighted by Crippen LogP contribution is -2.49. The minimum absolute atomic E-state index is 0.00268. The van der Waals surface area contributed by atoms with Gasteiger partial charge in [0.2, 0.25) is 0 Å². The second-order valence-electron chi connectivity index (χ2n) is 5.51. The highest BCUT2D eigenvalue weighted by Crippen LogP contribution is 2.24. The number of rotatable bonds is 4. The number of anilines is 1. The van der Waals surface area contributed by atoms with Gasteiger partial charge in [-0.2, -0.15) is 0 Å². The van der Waals surface area contributed by atoms with Crippen LogP contribution in [0, 0.1) is 10.1 Å². The van der Waals surface area contributed by atoms with Gasteiger partial charge in [0.1, 0.15) is 0 Å². The maximum absolute atomic E-state index is 12.2. The van der Waals surface area contributed by atoms with Crippen molar-refractivity contribution in [2.24, 2.45) is 0 Å². The number of carbonyl (C=O) groups excluding carboxylic acids is 3. The number of hydrogen-bond acceptors (Lipinski definition) is 6. The van der Waals surface area contributed by atoms with Gasteiger partial charge < -0.3 is 10.2 Å². The van der Waals surface area contributed by atoms with E-state index in [9.17, 15) is 24.5 Å². The van der Waals surface area contributed by atoms with E-state index < -0.39 is 22.6 Å². The third kappa shape index (κ3) is 4.18. The third-order valence-corrected chi connectivity index (χ3v) is 3.33. The summed E-state index contributed by atoms with van der Waals surface area (Å²) < 4.78 is 0. The van der Waals surface area contributed by atoms with Gasteiger partial charge in [-0.25, -0.2) is 0 Å². The molecular weight excluding hydrogens is 318 g/mol. The summed E-state index contributed by atoms with van der Waals surface area (Å²) in [5, 5.41) is 13.3. The molecule has 0 radical (unpaired) electrons. The number of hydrazine groups is 1. The predicted octanol–water partition coefficient (Wildman–Crippen LogP) is -0.300. The molecule has 0 bridgehead atoms. The van der Waals surface area contributed by atoms with Crippen LogP contribution < -0.4 is 21.1 Å². The van der Waals surface area contributed by atoms with Gasteiger partial charge in [0.15, 0.2) is 0 Å². The third-order valence-electron chi connectivity index (χ3n) is 3.33. The maximum Gasteiger partial charge on any atom is 0.327 e. The van der Waals surface area contributed by atoms with Crippen LogP contribution in [0.25, 0.3) is 0 Å². The van der Waals surface area contributed by atoms with Crippen molar-refractivity contribution in [1.82, 2.24) is 16.2 Å². The number of nitro benzene ring substituents is 1. The molecule has 0 unspecified atom stereocenters. The van der Waals surface area contributed by atoms with Gasteiger partial charge in [-0.05, 0) is 18.9 Å². The molecule has 1 saturated carbocycles. The Morgan fingerprint density at radius 1 is 1.17 bits per heavy atom. The highest BCUT2D eigenvalue weighted by atomic mass is 16.6. The van der Waals surface area contributed by atoms with Gasteiger partial charge in [-0.1, -0.05) is 0 Å². The predicted molar refractivity (Wildman–Crippen MR) is 84.2 cm³/mol. The summed E-state index contributed by atoms with van der Waals surface area (Å²) in [7, 11) is 3.33. The van der Waals surface area contributed by atoms with Crippen molar-refractivity contribution < 1.29 is 19.3 Å². The average Bonchev–Trinajstić information content (AvgIpc) is 3.35. The smallest absolute Gasteiger partial charge is 0.327 e. The van der Waals surface area contributed by atoms with Crippen LogP contribution in [0.1, 0.15) is 23.2 Å². The summed E-state index contributed by atoms with van der Waals surface area (Å²) in [6.45, 7) is 0. The summed E-state index contributed by atoms with van der Waals surface area (Å²) in [4.78, 5) is 47.1. The normalized spacial score (nSPS) is 12.9. The summed E-state index contributed by atoms with van der Waals surface area (Å²) in [6.07, 6.45) is 1.65. The van der Waals surface area contributed by atoms with E-state index in [2.05, 4.69) is 10.7 Å². The Hall–Kier alpha value is -3.17. The summed E-state index contributed by atoms with van der Waals surface area (Å²) in [6, 6.07) is 3.81. The van der Waals surface area contributed by atoms with Gasteiger partial charge >= 0.3 is 11.8 Å². The number of benzene rings is 1. The largest absolute Gasteiger partial charge is 0.377 e. The molecule has 1 aliphatic rings. The first-order valence-electron chi connectivity index (χ1n) is 7.16. The summed E-state index contributed by atoms with van der Waals surface area (Å²) in [5.74, 6) is -2.62. The zero-order valence-corrected chi connectivity index (χ0v) is 13.2. The standard InChI is InChI=1S/C14H17N5O5/c1-18(2)11-6-5-9(19(23)24)7-10(11)12(20)16-17-14(22)13(21)15-8-3-4-8/h5-8H,3-4H2,1-2H3,(H,15,21)(H,16,20)(H,17,22). The highest BCUT2D eigenvalue weighted by Gasteiger charge is 2.27. The zero-order valence-electron chi connectivity index (χ0n) is 13.2. The van der Waals surface area contributed by atoms with Gasteiger partial charge in [0, 0.05) is 38.0 Å². The van der Waals surface area contributed by atoms with Crippen LogP contribution in [-0.2, 0) is 9.59 Å². The van der Waals surface area contributed by atoms with E-state index in [4.69, 9.17) is 0 Å². The molecule has 0 atom stereocenters. The van der Waals surface area contributed by atoms with Crippen molar-refractivity contribution >= 4 is 29.1 Å². The van der Waals surface area contributed by atoms with Crippen LogP contribution in [0.3, 0.4) is 0 Å². The molecule has 24 heavy (non-hydrogen) atoms. The lowest BCUT2D eigenvalue weighted by molar-refractivity contribution is -0.384. The van der Waals surface area contributed by atoms with E-state index in [1.54, 1.807) is 19.0 Å². The van der Waals surface area contributed by atoms with Crippen molar-refractivity contribution in [3.05, 3.63) is 33.9 Å². The van der Waals surface area contributed by atoms with Crippen LogP contribution >= 0.6 is 0 Å². The van der Waals surface area contributed by atoms with Gasteiger partial charge in [-0.15, -0.1) is 0 Å². The molecule has 128 valence electrons. The number of nitro groups is 1. The Kier molecular flexibility index (Phi) is 4.97. The maximum atomic E-state index is 12.2. The van der Waals surface area contributed by atoms with E-state index in [1.165, 1.54) is 12.1 Å². The molecule has 3 amide bonds. The number of non-ortho nitro benzene ring substituents is 1. The molecule has 10 heteroatoms. The Bertz CT molecular complexity index is 699. The average molecular weight is 335 g/mol. The Morgan fingerprint density at radius 2 is 1.83 bits per heavy atom. The molecule has 0 aliphatic heterocycles. The Labute approximate surface area is 137 Å². The number of nitrogens with zero attached hydrogens (tertiary/aromatic N) is 2. The fraction of sp³-hybridized carbons (Fsp3) is 0.357. The van der Waals surface area contributed by atoms with E-state index in [0.29, 0.717) is 5.69 Å². The number of amides is 3. The molecular formula is C14H17N5O5. The molecule has 0 spiro atoms. The molecule has 1 fully saturated rings. The first-order valence-corrected chi connectivity index (χ1v) is 7.16. The minimum Gasteiger partial charge on any atom is -0.377 e. The van der Waals surface area contributed by atoms with Crippen molar-refractivity contribution in [3.63, 3.8) is 0 Å². The molecule has 10 nitrogen and oxygen atoms in total. The summed E-state index contributed by atoms with van der Waals surface area (Å²) >= 11 is 0. The topological polar surface area (TPSA) is 134 Å². The number of hydrogen-bond donors (Lipinski definition) is 3. The van der Waals surface area contributed by atoms with E-state index in [-0.39, 0.29) is 17.3 Å². The number of carbonyl (C=O) groups is 3. The van der Waals surface area contributed by atoms with Crippen LogP contribution in [-0.4, -0.2) is 42.8 Å². The molecule has 1 aromatic rings. The SMILES string of the molecule is CN(C)c1ccc([N+](=O)[O-])cc1C(=O)NNC(=O)C(=O)NC1CC1. The van der Waals surface area contributed by atoms with E-state index >= 15 is 0 Å². The zero-order chi connectivity index (χ0) is 17.9.